The van der Waals surface area contributed by atoms with Crippen LogP contribution in [0.25, 0.3) is 10.6 Å². The zero-order chi connectivity index (χ0) is 13.9. The second-order valence-electron chi connectivity index (χ2n) is 4.15. The Morgan fingerprint density at radius 1 is 1.55 bits per heavy atom. The summed E-state index contributed by atoms with van der Waals surface area (Å²) < 4.78 is 6.35. The molecular weight excluding hydrogens is 278 g/mol. The second kappa shape index (κ2) is 5.25. The molecule has 0 aliphatic carbocycles. The molecule has 1 amide bonds. The predicted molar refractivity (Wildman–Crippen MR) is 73.2 cm³/mol. The van der Waals surface area contributed by atoms with E-state index in [-0.39, 0.29) is 12.5 Å². The van der Waals surface area contributed by atoms with Crippen LogP contribution in [0.5, 0.6) is 0 Å². The number of amides is 1. The summed E-state index contributed by atoms with van der Waals surface area (Å²) >= 11 is 1.57. The van der Waals surface area contributed by atoms with Crippen LogP contribution in [0.1, 0.15) is 5.76 Å². The Morgan fingerprint density at radius 2 is 2.45 bits per heavy atom. The van der Waals surface area contributed by atoms with Crippen LogP contribution in [0.15, 0.2) is 34.3 Å². The lowest BCUT2D eigenvalue weighted by Crippen LogP contribution is -2.19. The maximum Gasteiger partial charge on any atom is 0.247 e. The number of aromatic nitrogens is 4. The van der Waals surface area contributed by atoms with Crippen LogP contribution in [-0.2, 0) is 11.3 Å². The first-order valence-corrected chi connectivity index (χ1v) is 6.76. The number of rotatable bonds is 4. The Labute approximate surface area is 118 Å². The van der Waals surface area contributed by atoms with Gasteiger partial charge in [0.15, 0.2) is 5.82 Å². The van der Waals surface area contributed by atoms with E-state index in [2.05, 4.69) is 20.8 Å². The zero-order valence-electron chi connectivity index (χ0n) is 10.6. The van der Waals surface area contributed by atoms with Crippen LogP contribution in [0, 0.1) is 6.92 Å². The summed E-state index contributed by atoms with van der Waals surface area (Å²) in [7, 11) is 0. The highest BCUT2D eigenvalue weighted by Crippen LogP contribution is 2.21. The topological polar surface area (TPSA) is 85.8 Å². The molecule has 0 spiro atoms. The van der Waals surface area contributed by atoms with Gasteiger partial charge in [0, 0.05) is 6.07 Å². The molecule has 0 saturated carbocycles. The minimum Gasteiger partial charge on any atom is -0.360 e. The van der Waals surface area contributed by atoms with Gasteiger partial charge in [0.25, 0.3) is 0 Å². The molecule has 8 heteroatoms. The molecule has 0 atom stereocenters. The molecule has 0 aliphatic rings. The fourth-order valence-corrected chi connectivity index (χ4v) is 2.34. The average Bonchev–Trinajstić information content (AvgIpc) is 3.10. The van der Waals surface area contributed by atoms with E-state index in [1.165, 1.54) is 4.68 Å². The monoisotopic (exact) mass is 289 g/mol. The zero-order valence-corrected chi connectivity index (χ0v) is 11.4. The highest BCUT2D eigenvalue weighted by molar-refractivity contribution is 7.13. The van der Waals surface area contributed by atoms with E-state index in [0.29, 0.717) is 11.6 Å². The molecule has 3 heterocycles. The van der Waals surface area contributed by atoms with Crippen molar-refractivity contribution in [2.75, 3.05) is 5.32 Å². The van der Waals surface area contributed by atoms with Crippen molar-refractivity contribution >= 4 is 23.1 Å². The van der Waals surface area contributed by atoms with Gasteiger partial charge < -0.3 is 9.84 Å². The van der Waals surface area contributed by atoms with Crippen LogP contribution < -0.4 is 5.32 Å². The number of aryl methyl sites for hydroxylation is 1. The second-order valence-corrected chi connectivity index (χ2v) is 5.10. The number of carbonyl (C=O) groups excluding carboxylic acids is 1. The summed E-state index contributed by atoms with van der Waals surface area (Å²) in [4.78, 5) is 12.8. The normalized spacial score (nSPS) is 10.7. The molecule has 3 aromatic heterocycles. The fraction of sp³-hybridized carbons (Fsp3) is 0.167. The van der Waals surface area contributed by atoms with Crippen molar-refractivity contribution in [2.24, 2.45) is 0 Å². The Kier molecular flexibility index (Phi) is 3.30. The largest absolute Gasteiger partial charge is 0.360 e. The summed E-state index contributed by atoms with van der Waals surface area (Å²) in [6.07, 6.45) is 1.74. The van der Waals surface area contributed by atoms with Crippen LogP contribution >= 0.6 is 11.3 Å². The van der Waals surface area contributed by atoms with Gasteiger partial charge in [0.1, 0.15) is 18.0 Å². The average molecular weight is 289 g/mol. The molecule has 1 N–H and O–H groups in total. The standard InChI is InChI=1S/C12H11N5O2S/c1-8-5-11(15-19-8)13-12(18)7-17-6-9(14-16-17)10-3-2-4-20-10/h2-6H,7H2,1H3,(H,13,15,18). The van der Waals surface area contributed by atoms with Gasteiger partial charge in [-0.05, 0) is 18.4 Å². The van der Waals surface area contributed by atoms with Crippen molar-refractivity contribution < 1.29 is 9.32 Å². The van der Waals surface area contributed by atoms with Crippen molar-refractivity contribution in [2.45, 2.75) is 13.5 Å². The van der Waals surface area contributed by atoms with Gasteiger partial charge >= 0.3 is 0 Å². The molecule has 0 fully saturated rings. The third-order valence-electron chi connectivity index (χ3n) is 2.51. The quantitative estimate of drug-likeness (QED) is 0.793. The van der Waals surface area contributed by atoms with Crippen molar-refractivity contribution in [3.8, 4) is 10.6 Å². The first-order valence-electron chi connectivity index (χ1n) is 5.88. The minimum atomic E-state index is -0.235. The SMILES string of the molecule is Cc1cc(NC(=O)Cn2cc(-c3cccs3)nn2)no1. The molecule has 3 rings (SSSR count). The lowest BCUT2D eigenvalue weighted by molar-refractivity contribution is -0.117. The predicted octanol–water partition coefficient (Wildman–Crippen LogP) is 1.94. The van der Waals surface area contributed by atoms with Crippen molar-refractivity contribution in [1.29, 1.82) is 0 Å². The van der Waals surface area contributed by atoms with Gasteiger partial charge in [0.2, 0.25) is 5.91 Å². The van der Waals surface area contributed by atoms with E-state index in [4.69, 9.17) is 4.52 Å². The van der Waals surface area contributed by atoms with Gasteiger partial charge in [-0.15, -0.1) is 16.4 Å². The number of nitrogens with zero attached hydrogens (tertiary/aromatic N) is 4. The summed E-state index contributed by atoms with van der Waals surface area (Å²) in [5, 5.41) is 16.2. The van der Waals surface area contributed by atoms with Crippen LogP contribution in [0.2, 0.25) is 0 Å². The Hall–Kier alpha value is -2.48. The Balaban J connectivity index is 1.64. The summed E-state index contributed by atoms with van der Waals surface area (Å²) in [5.41, 5.74) is 0.755. The van der Waals surface area contributed by atoms with E-state index in [0.717, 1.165) is 10.6 Å². The number of hydrogen-bond donors (Lipinski definition) is 1. The van der Waals surface area contributed by atoms with Crippen LogP contribution in [-0.4, -0.2) is 26.1 Å². The number of anilines is 1. The molecule has 0 aromatic carbocycles. The van der Waals surface area contributed by atoms with Gasteiger partial charge in [-0.1, -0.05) is 16.4 Å². The van der Waals surface area contributed by atoms with Crippen molar-refractivity contribution in [1.82, 2.24) is 20.2 Å². The third kappa shape index (κ3) is 2.75. The summed E-state index contributed by atoms with van der Waals surface area (Å²) in [6.45, 7) is 1.83. The van der Waals surface area contributed by atoms with E-state index in [9.17, 15) is 4.79 Å². The molecule has 0 bridgehead atoms. The lowest BCUT2D eigenvalue weighted by atomic mass is 10.4. The van der Waals surface area contributed by atoms with Gasteiger partial charge in [0.05, 0.1) is 11.1 Å². The maximum absolute atomic E-state index is 11.8. The number of thiophene rings is 1. The van der Waals surface area contributed by atoms with E-state index >= 15 is 0 Å². The Bertz CT molecular complexity index is 716. The molecule has 20 heavy (non-hydrogen) atoms. The van der Waals surface area contributed by atoms with Crippen molar-refractivity contribution in [3.63, 3.8) is 0 Å². The maximum atomic E-state index is 11.8. The first kappa shape index (κ1) is 12.5. The van der Waals surface area contributed by atoms with Crippen LogP contribution in [0.4, 0.5) is 5.82 Å². The van der Waals surface area contributed by atoms with Gasteiger partial charge in [-0.3, -0.25) is 4.79 Å². The van der Waals surface area contributed by atoms with Gasteiger partial charge in [-0.25, -0.2) is 4.68 Å². The molecular formula is C12H11N5O2S. The molecule has 0 saturated heterocycles. The Morgan fingerprint density at radius 3 is 3.15 bits per heavy atom. The van der Waals surface area contributed by atoms with Crippen LogP contribution in [0.3, 0.4) is 0 Å². The molecule has 102 valence electrons. The molecule has 7 nitrogen and oxygen atoms in total. The smallest absolute Gasteiger partial charge is 0.247 e. The fourth-order valence-electron chi connectivity index (χ4n) is 1.67. The van der Waals surface area contributed by atoms with E-state index in [1.807, 2.05) is 17.5 Å². The molecule has 0 radical (unpaired) electrons. The van der Waals surface area contributed by atoms with Gasteiger partial charge in [-0.2, -0.15) is 0 Å². The lowest BCUT2D eigenvalue weighted by Gasteiger charge is -1.99. The number of hydrogen-bond acceptors (Lipinski definition) is 6. The highest BCUT2D eigenvalue weighted by atomic mass is 32.1. The molecule has 0 unspecified atom stereocenters. The summed E-state index contributed by atoms with van der Waals surface area (Å²) in [6, 6.07) is 5.55. The number of carbonyl (C=O) groups is 1. The number of nitrogens with one attached hydrogen (secondary N) is 1. The molecule has 3 aromatic rings. The van der Waals surface area contributed by atoms with Crippen molar-refractivity contribution in [3.05, 3.63) is 35.5 Å². The van der Waals surface area contributed by atoms with E-state index < -0.39 is 0 Å². The first-order chi connectivity index (χ1) is 9.70. The summed E-state index contributed by atoms with van der Waals surface area (Å²) in [5.74, 6) is 0.799. The third-order valence-corrected chi connectivity index (χ3v) is 3.41. The van der Waals surface area contributed by atoms with E-state index in [1.54, 1.807) is 30.5 Å². The minimum absolute atomic E-state index is 0.0737. The highest BCUT2D eigenvalue weighted by Gasteiger charge is 2.10. The molecule has 0 aliphatic heterocycles.